The Balaban J connectivity index is 1.54. The van der Waals surface area contributed by atoms with E-state index in [1.54, 1.807) is 0 Å². The van der Waals surface area contributed by atoms with E-state index < -0.39 is 0 Å². The van der Waals surface area contributed by atoms with Gasteiger partial charge >= 0.3 is 0 Å². The van der Waals surface area contributed by atoms with Crippen LogP contribution in [0.1, 0.15) is 67.7 Å². The number of piperidine rings is 1. The van der Waals surface area contributed by atoms with E-state index >= 15 is 0 Å². The first kappa shape index (κ1) is 15.1. The Morgan fingerprint density at radius 3 is 2.56 bits per heavy atom. The zero-order chi connectivity index (χ0) is 17.0. The number of ketones is 1. The summed E-state index contributed by atoms with van der Waals surface area (Å²) in [6.07, 6.45) is 11.1. The van der Waals surface area contributed by atoms with Crippen LogP contribution in [0.2, 0.25) is 0 Å². The summed E-state index contributed by atoms with van der Waals surface area (Å²) in [7, 11) is 0. The van der Waals surface area contributed by atoms with Gasteiger partial charge in [0.1, 0.15) is 11.6 Å². The summed E-state index contributed by atoms with van der Waals surface area (Å²) in [5.41, 5.74) is 5.04. The van der Waals surface area contributed by atoms with Gasteiger partial charge in [-0.1, -0.05) is 6.42 Å². The van der Waals surface area contributed by atoms with Crippen molar-refractivity contribution in [3.8, 4) is 6.07 Å². The number of hydrogen-bond acceptors (Lipinski definition) is 4. The molecule has 0 unspecified atom stereocenters. The number of rotatable bonds is 2. The third-order valence-corrected chi connectivity index (χ3v) is 6.79. The fraction of sp³-hybridized carbons (Fsp3) is 0.571. The molecule has 25 heavy (non-hydrogen) atoms. The lowest BCUT2D eigenvalue weighted by atomic mass is 9.63. The maximum absolute atomic E-state index is 12.5. The number of pyridine rings is 1. The van der Waals surface area contributed by atoms with Gasteiger partial charge < -0.3 is 4.90 Å². The Hall–Kier alpha value is -2.15. The van der Waals surface area contributed by atoms with Crippen LogP contribution in [0.3, 0.4) is 0 Å². The molecule has 4 nitrogen and oxygen atoms in total. The van der Waals surface area contributed by atoms with Crippen LogP contribution < -0.4 is 0 Å². The van der Waals surface area contributed by atoms with Crippen molar-refractivity contribution in [3.63, 3.8) is 0 Å². The highest BCUT2D eigenvalue weighted by atomic mass is 16.1. The number of nitriles is 1. The average molecular weight is 333 g/mol. The van der Waals surface area contributed by atoms with Gasteiger partial charge in [-0.25, -0.2) is 0 Å². The molecule has 4 aliphatic rings. The number of nitrogens with zero attached hydrogens (tertiary/aromatic N) is 3. The number of allylic oxidation sites excluding steroid dienone is 1. The summed E-state index contributed by atoms with van der Waals surface area (Å²) in [4.78, 5) is 19.4. The third kappa shape index (κ3) is 2.40. The second-order valence-corrected chi connectivity index (χ2v) is 8.32. The fourth-order valence-corrected chi connectivity index (χ4v) is 4.82. The molecule has 1 aromatic rings. The van der Waals surface area contributed by atoms with Crippen molar-refractivity contribution in [2.24, 2.45) is 5.41 Å². The predicted molar refractivity (Wildman–Crippen MR) is 94.5 cm³/mol. The molecule has 1 spiro atoms. The second kappa shape index (κ2) is 5.42. The highest BCUT2D eigenvalue weighted by molar-refractivity contribution is 6.09. The van der Waals surface area contributed by atoms with Crippen LogP contribution in [0.15, 0.2) is 17.8 Å². The van der Waals surface area contributed by atoms with Crippen molar-refractivity contribution in [1.29, 1.82) is 5.26 Å². The Labute approximate surface area is 148 Å². The zero-order valence-electron chi connectivity index (χ0n) is 14.6. The number of fused-ring (bicyclic) bond motifs is 1. The van der Waals surface area contributed by atoms with Crippen molar-refractivity contribution in [2.75, 3.05) is 13.1 Å². The summed E-state index contributed by atoms with van der Waals surface area (Å²) >= 11 is 0. The summed E-state index contributed by atoms with van der Waals surface area (Å²) in [6, 6.07) is 4.39. The first-order chi connectivity index (χ1) is 12.2. The lowest BCUT2D eigenvalue weighted by molar-refractivity contribution is -0.114. The molecule has 1 aromatic heterocycles. The van der Waals surface area contributed by atoms with Gasteiger partial charge in [0, 0.05) is 42.9 Å². The quantitative estimate of drug-likeness (QED) is 0.830. The molecule has 0 N–H and O–H groups in total. The molecule has 0 atom stereocenters. The van der Waals surface area contributed by atoms with Crippen LogP contribution in [0.5, 0.6) is 0 Å². The molecule has 0 radical (unpaired) electrons. The van der Waals surface area contributed by atoms with Crippen LogP contribution >= 0.6 is 0 Å². The average Bonchev–Trinajstić information content (AvgIpc) is 3.44. The van der Waals surface area contributed by atoms with Crippen molar-refractivity contribution in [2.45, 2.75) is 57.3 Å². The van der Waals surface area contributed by atoms with Gasteiger partial charge in [-0.2, -0.15) is 5.26 Å². The smallest absolute Gasteiger partial charge is 0.179 e. The van der Waals surface area contributed by atoms with Crippen LogP contribution in [0.25, 0.3) is 5.70 Å². The molecule has 0 aromatic carbocycles. The highest BCUT2D eigenvalue weighted by Crippen LogP contribution is 2.50. The van der Waals surface area contributed by atoms with Crippen LogP contribution in [0.4, 0.5) is 0 Å². The van der Waals surface area contributed by atoms with Crippen LogP contribution in [-0.4, -0.2) is 28.8 Å². The Morgan fingerprint density at radius 1 is 1.20 bits per heavy atom. The van der Waals surface area contributed by atoms with E-state index in [0.717, 1.165) is 35.6 Å². The van der Waals surface area contributed by atoms with Gasteiger partial charge in [-0.15, -0.1) is 0 Å². The molecule has 0 bridgehead atoms. The monoisotopic (exact) mass is 333 g/mol. The van der Waals surface area contributed by atoms with Gasteiger partial charge in [-0.05, 0) is 55.6 Å². The molecule has 2 heterocycles. The number of carbonyl (C=O) groups is 1. The summed E-state index contributed by atoms with van der Waals surface area (Å²) in [5, 5.41) is 9.67. The summed E-state index contributed by atoms with van der Waals surface area (Å²) < 4.78 is 0. The Kier molecular flexibility index (Phi) is 3.28. The lowest BCUT2D eigenvalue weighted by Gasteiger charge is -2.49. The first-order valence-electron chi connectivity index (χ1n) is 9.61. The number of aromatic nitrogens is 1. The molecule has 1 aliphatic heterocycles. The first-order valence-corrected chi connectivity index (χ1v) is 9.61. The van der Waals surface area contributed by atoms with E-state index in [1.165, 1.54) is 44.9 Å². The van der Waals surface area contributed by atoms with Crippen molar-refractivity contribution in [1.82, 2.24) is 9.88 Å². The van der Waals surface area contributed by atoms with Gasteiger partial charge in [0.2, 0.25) is 0 Å². The van der Waals surface area contributed by atoms with Crippen molar-refractivity contribution < 1.29 is 4.79 Å². The topological polar surface area (TPSA) is 57.0 Å². The second-order valence-electron chi connectivity index (χ2n) is 8.32. The Morgan fingerprint density at radius 2 is 1.96 bits per heavy atom. The van der Waals surface area contributed by atoms with Gasteiger partial charge in [0.15, 0.2) is 5.78 Å². The number of hydrogen-bond donors (Lipinski definition) is 0. The van der Waals surface area contributed by atoms with E-state index in [2.05, 4.69) is 22.0 Å². The minimum absolute atomic E-state index is 0.0464. The fourth-order valence-electron chi connectivity index (χ4n) is 4.82. The van der Waals surface area contributed by atoms with Crippen molar-refractivity contribution >= 4 is 11.5 Å². The van der Waals surface area contributed by atoms with Crippen LogP contribution in [-0.2, 0) is 11.2 Å². The lowest BCUT2D eigenvalue weighted by Crippen LogP contribution is -2.43. The Bertz CT molecular complexity index is 814. The predicted octanol–water partition coefficient (Wildman–Crippen LogP) is 3.58. The third-order valence-electron chi connectivity index (χ3n) is 6.79. The van der Waals surface area contributed by atoms with Crippen molar-refractivity contribution in [3.05, 3.63) is 34.7 Å². The molecule has 3 fully saturated rings. The maximum atomic E-state index is 12.5. The largest absolute Gasteiger partial charge is 0.370 e. The molecule has 128 valence electrons. The van der Waals surface area contributed by atoms with E-state index in [9.17, 15) is 10.1 Å². The van der Waals surface area contributed by atoms with Gasteiger partial charge in [0.25, 0.3) is 0 Å². The minimum Gasteiger partial charge on any atom is -0.370 e. The maximum Gasteiger partial charge on any atom is 0.179 e. The number of carbonyl (C=O) groups excluding carboxylic acids is 1. The summed E-state index contributed by atoms with van der Waals surface area (Å²) in [6.45, 7) is 1.93. The SMILES string of the molecule is N#CC1=C(N2CCC3(CCC3)CC2)c2cc(C3CC3)ncc2CC1=O. The number of Topliss-reactive ketones (excluding diaryl/α,β-unsaturated/α-hetero) is 1. The van der Waals surface area contributed by atoms with Gasteiger partial charge in [-0.3, -0.25) is 9.78 Å². The molecule has 5 rings (SSSR count). The standard InChI is InChI=1S/C21H23N3O/c22-12-17-19(25)10-15-13-23-18(14-2-3-14)11-16(15)20(17)24-8-6-21(7-9-24)4-1-5-21/h11,13-14H,1-10H2. The van der Waals surface area contributed by atoms with E-state index in [0.29, 0.717) is 23.3 Å². The molecular weight excluding hydrogens is 310 g/mol. The molecule has 3 aliphatic carbocycles. The van der Waals surface area contributed by atoms with Gasteiger partial charge in [0.05, 0.1) is 5.70 Å². The van der Waals surface area contributed by atoms with Crippen LogP contribution in [0, 0.1) is 16.7 Å². The van der Waals surface area contributed by atoms with E-state index in [-0.39, 0.29) is 5.78 Å². The van der Waals surface area contributed by atoms with E-state index in [1.807, 2.05) is 6.20 Å². The zero-order valence-corrected chi connectivity index (χ0v) is 14.6. The normalized spacial score (nSPS) is 24.8. The molecular formula is C21H23N3O. The number of likely N-dealkylation sites (tertiary alicyclic amines) is 1. The molecule has 2 saturated carbocycles. The summed E-state index contributed by atoms with van der Waals surface area (Å²) in [5.74, 6) is 0.532. The molecule has 1 saturated heterocycles. The molecule has 4 heteroatoms. The minimum atomic E-state index is -0.0464. The van der Waals surface area contributed by atoms with E-state index in [4.69, 9.17) is 0 Å². The highest BCUT2D eigenvalue weighted by Gasteiger charge is 2.41. The molecule has 0 amide bonds.